The highest BCUT2D eigenvalue weighted by molar-refractivity contribution is 6.04. The summed E-state index contributed by atoms with van der Waals surface area (Å²) in [5.74, 6) is 2.29. The Balaban J connectivity index is 1.26. The molecule has 0 spiro atoms. The first-order valence-electron chi connectivity index (χ1n) is 14.2. The number of imidazole rings is 1. The minimum Gasteiger partial charge on any atom is -0.384 e. The van der Waals surface area contributed by atoms with Crippen LogP contribution in [0.5, 0.6) is 0 Å². The summed E-state index contributed by atoms with van der Waals surface area (Å²) < 4.78 is 7.12. The molecule has 4 aromatic rings. The number of carbonyl (C=O) groups is 2. The second kappa shape index (κ2) is 11.3. The summed E-state index contributed by atoms with van der Waals surface area (Å²) >= 11 is 0. The van der Waals surface area contributed by atoms with Crippen LogP contribution in [-0.4, -0.2) is 62.4 Å². The Morgan fingerprint density at radius 3 is 2.59 bits per heavy atom. The number of methoxy groups -OCH3 is 1. The third kappa shape index (κ3) is 5.52. The lowest BCUT2D eigenvalue weighted by molar-refractivity contribution is -0.135. The molecule has 3 N–H and O–H groups in total. The van der Waals surface area contributed by atoms with E-state index in [2.05, 4.69) is 22.2 Å². The molecule has 41 heavy (non-hydrogen) atoms. The van der Waals surface area contributed by atoms with Crippen LogP contribution in [0.1, 0.15) is 72.6 Å². The lowest BCUT2D eigenvalue weighted by atomic mass is 9.92. The third-order valence-electron chi connectivity index (χ3n) is 8.19. The van der Waals surface area contributed by atoms with E-state index in [1.54, 1.807) is 31.6 Å². The van der Waals surface area contributed by atoms with Crippen molar-refractivity contribution in [3.63, 3.8) is 0 Å². The van der Waals surface area contributed by atoms with Crippen molar-refractivity contribution < 1.29 is 14.3 Å². The van der Waals surface area contributed by atoms with Crippen molar-refractivity contribution in [3.05, 3.63) is 71.9 Å². The average molecular weight is 554 g/mol. The number of nitrogen functional groups attached to an aromatic ring is 1. The van der Waals surface area contributed by atoms with Gasteiger partial charge >= 0.3 is 0 Å². The van der Waals surface area contributed by atoms with Gasteiger partial charge in [-0.1, -0.05) is 12.1 Å². The number of piperidine rings is 1. The van der Waals surface area contributed by atoms with Crippen LogP contribution in [0, 0.1) is 0 Å². The molecular formula is C31H35N7O3. The van der Waals surface area contributed by atoms with Gasteiger partial charge in [-0.3, -0.25) is 14.0 Å². The summed E-state index contributed by atoms with van der Waals surface area (Å²) in [4.78, 5) is 41.5. The number of benzene rings is 1. The smallest absolute Gasteiger partial charge is 0.256 e. The van der Waals surface area contributed by atoms with Crippen molar-refractivity contribution in [2.75, 3.05) is 31.3 Å². The number of nitrogens with zero attached hydrogens (tertiary/aromatic N) is 5. The normalized spacial score (nSPS) is 18.9. The number of rotatable bonds is 8. The number of nitrogens with two attached hydrogens (primary N) is 1. The Morgan fingerprint density at radius 2 is 1.83 bits per heavy atom. The number of hydrogen-bond donors (Lipinski definition) is 2. The van der Waals surface area contributed by atoms with Crippen molar-refractivity contribution in [1.82, 2.24) is 24.3 Å². The Kier molecular flexibility index (Phi) is 7.40. The molecular weight excluding hydrogens is 518 g/mol. The number of hydrogen-bond acceptors (Lipinski definition) is 7. The zero-order chi connectivity index (χ0) is 28.5. The van der Waals surface area contributed by atoms with Crippen molar-refractivity contribution in [1.29, 1.82) is 0 Å². The van der Waals surface area contributed by atoms with Gasteiger partial charge in [-0.25, -0.2) is 15.0 Å². The van der Waals surface area contributed by atoms with Crippen LogP contribution in [0.4, 0.5) is 11.6 Å². The molecule has 1 saturated carbocycles. The van der Waals surface area contributed by atoms with Crippen LogP contribution < -0.4 is 11.1 Å². The fourth-order valence-electron chi connectivity index (χ4n) is 5.73. The minimum atomic E-state index is -0.219. The van der Waals surface area contributed by atoms with Gasteiger partial charge in [0.1, 0.15) is 28.7 Å². The highest BCUT2D eigenvalue weighted by atomic mass is 16.5. The standard InChI is InChI=1S/C31H35N7O3/c1-19-3-4-24(18-38(19)26(39)12-16-41-2)30-36-27(28-29(32)34-14-15-37(28)30)21-7-9-22(10-8-21)31(40)35-25-17-23(11-13-33-25)20-5-6-20/h7-11,13-15,17,19-20,24H,3-6,12,16,18H2,1-2H3,(H2,32,34)(H,33,35,40). The predicted molar refractivity (Wildman–Crippen MR) is 157 cm³/mol. The van der Waals surface area contributed by atoms with Crippen LogP contribution in [0.25, 0.3) is 16.8 Å². The van der Waals surface area contributed by atoms with Gasteiger partial charge in [0.05, 0.1) is 13.0 Å². The number of fused-ring (bicyclic) bond motifs is 1. The number of amides is 2. The van der Waals surface area contributed by atoms with Gasteiger partial charge in [-0.15, -0.1) is 0 Å². The molecule has 2 unspecified atom stereocenters. The summed E-state index contributed by atoms with van der Waals surface area (Å²) in [5.41, 5.74) is 10.4. The zero-order valence-corrected chi connectivity index (χ0v) is 23.4. The van der Waals surface area contributed by atoms with Gasteiger partial charge in [-0.05, 0) is 68.4 Å². The molecule has 3 aromatic heterocycles. The second-order valence-corrected chi connectivity index (χ2v) is 11.0. The third-order valence-corrected chi connectivity index (χ3v) is 8.19. The van der Waals surface area contributed by atoms with Gasteiger partial charge in [0.15, 0.2) is 0 Å². The predicted octanol–water partition coefficient (Wildman–Crippen LogP) is 4.63. The SMILES string of the molecule is COCCC(=O)N1CC(c2nc(-c3ccc(C(=O)Nc4cc(C5CC5)ccn4)cc3)c3c(N)nccn23)CCC1C. The van der Waals surface area contributed by atoms with E-state index in [-0.39, 0.29) is 23.8 Å². The maximum Gasteiger partial charge on any atom is 0.256 e. The highest BCUT2D eigenvalue weighted by Crippen LogP contribution is 2.40. The van der Waals surface area contributed by atoms with Crippen LogP contribution in [0.15, 0.2) is 55.0 Å². The van der Waals surface area contributed by atoms with E-state index in [4.69, 9.17) is 15.5 Å². The summed E-state index contributed by atoms with van der Waals surface area (Å²) in [6.45, 7) is 3.08. The van der Waals surface area contributed by atoms with Crippen molar-refractivity contribution in [3.8, 4) is 11.3 Å². The lowest BCUT2D eigenvalue weighted by Crippen LogP contribution is -2.45. The van der Waals surface area contributed by atoms with Gasteiger partial charge < -0.3 is 20.7 Å². The molecule has 1 aliphatic heterocycles. The maximum atomic E-state index is 13.0. The van der Waals surface area contributed by atoms with E-state index in [0.29, 0.717) is 48.4 Å². The summed E-state index contributed by atoms with van der Waals surface area (Å²) in [7, 11) is 1.61. The molecule has 2 amide bonds. The number of aromatic nitrogens is 4. The van der Waals surface area contributed by atoms with Crippen molar-refractivity contribution in [2.24, 2.45) is 0 Å². The van der Waals surface area contributed by atoms with Crippen LogP contribution in [-0.2, 0) is 9.53 Å². The number of nitrogens with one attached hydrogen (secondary N) is 1. The van der Waals surface area contributed by atoms with Gasteiger partial charge in [0, 0.05) is 55.3 Å². The van der Waals surface area contributed by atoms with E-state index < -0.39 is 0 Å². The second-order valence-electron chi connectivity index (χ2n) is 11.0. The molecule has 1 aliphatic carbocycles. The van der Waals surface area contributed by atoms with E-state index in [1.807, 2.05) is 39.8 Å². The summed E-state index contributed by atoms with van der Waals surface area (Å²) in [6.07, 6.45) is 9.82. The molecule has 4 heterocycles. The average Bonchev–Trinajstić information content (AvgIpc) is 3.77. The van der Waals surface area contributed by atoms with Gasteiger partial charge in [0.25, 0.3) is 5.91 Å². The minimum absolute atomic E-state index is 0.0460. The largest absolute Gasteiger partial charge is 0.384 e. The first-order valence-corrected chi connectivity index (χ1v) is 14.2. The van der Waals surface area contributed by atoms with Gasteiger partial charge in [-0.2, -0.15) is 0 Å². The Bertz CT molecular complexity index is 1580. The molecule has 1 aromatic carbocycles. The van der Waals surface area contributed by atoms with E-state index in [0.717, 1.165) is 29.7 Å². The van der Waals surface area contributed by atoms with E-state index >= 15 is 0 Å². The number of likely N-dealkylation sites (tertiary alicyclic amines) is 1. The molecule has 212 valence electrons. The number of ether oxygens (including phenoxy) is 1. The molecule has 0 bridgehead atoms. The first-order chi connectivity index (χ1) is 19.9. The quantitative estimate of drug-likeness (QED) is 0.325. The Hall–Kier alpha value is -4.31. The summed E-state index contributed by atoms with van der Waals surface area (Å²) in [5, 5.41) is 2.92. The topological polar surface area (TPSA) is 128 Å². The fraction of sp³-hybridized carbons (Fsp3) is 0.387. The molecule has 6 rings (SSSR count). The molecule has 2 atom stereocenters. The van der Waals surface area contributed by atoms with Crippen molar-refractivity contribution in [2.45, 2.75) is 56.9 Å². The molecule has 10 heteroatoms. The lowest BCUT2D eigenvalue weighted by Gasteiger charge is -2.37. The highest BCUT2D eigenvalue weighted by Gasteiger charge is 2.32. The Morgan fingerprint density at radius 1 is 1.05 bits per heavy atom. The number of carbonyl (C=O) groups excluding carboxylic acids is 2. The first kappa shape index (κ1) is 26.9. The molecule has 10 nitrogen and oxygen atoms in total. The fourth-order valence-corrected chi connectivity index (χ4v) is 5.73. The van der Waals surface area contributed by atoms with E-state index in [1.165, 1.54) is 18.4 Å². The Labute approximate surface area is 239 Å². The molecule has 2 fully saturated rings. The van der Waals surface area contributed by atoms with Crippen LogP contribution >= 0.6 is 0 Å². The van der Waals surface area contributed by atoms with Gasteiger partial charge in [0.2, 0.25) is 5.91 Å². The van der Waals surface area contributed by atoms with Crippen LogP contribution in [0.2, 0.25) is 0 Å². The number of pyridine rings is 1. The van der Waals surface area contributed by atoms with E-state index in [9.17, 15) is 9.59 Å². The molecule has 2 aliphatic rings. The monoisotopic (exact) mass is 553 g/mol. The molecule has 0 radical (unpaired) electrons. The summed E-state index contributed by atoms with van der Waals surface area (Å²) in [6, 6.07) is 11.5. The number of anilines is 2. The van der Waals surface area contributed by atoms with Crippen LogP contribution in [0.3, 0.4) is 0 Å². The molecule has 1 saturated heterocycles. The maximum absolute atomic E-state index is 13.0. The zero-order valence-electron chi connectivity index (χ0n) is 23.4. The van der Waals surface area contributed by atoms with Crippen molar-refractivity contribution >= 4 is 29.0 Å².